The fraction of sp³-hybridized carbons (Fsp3) is 0.467. The number of hydrogen-bond acceptors (Lipinski definition) is 2. The number of ketones is 1. The van der Waals surface area contributed by atoms with Crippen LogP contribution in [0.1, 0.15) is 67.4 Å². The monoisotopic (exact) mass is 248 g/mol. The average Bonchev–Trinajstić information content (AvgIpc) is 2.26. The second-order valence-electron chi connectivity index (χ2n) is 5.15. The fourth-order valence-electron chi connectivity index (χ4n) is 1.91. The summed E-state index contributed by atoms with van der Waals surface area (Å²) >= 11 is 0. The van der Waals surface area contributed by atoms with Crippen molar-refractivity contribution in [2.24, 2.45) is 0 Å². The third-order valence-corrected chi connectivity index (χ3v) is 2.98. The molecule has 98 valence electrons. The van der Waals surface area contributed by atoms with Crippen LogP contribution in [-0.4, -0.2) is 16.9 Å². The van der Waals surface area contributed by atoms with Gasteiger partial charge in [-0.05, 0) is 29.0 Å². The molecule has 0 unspecified atom stereocenters. The van der Waals surface area contributed by atoms with Crippen LogP contribution in [0, 0.1) is 0 Å². The van der Waals surface area contributed by atoms with Crippen LogP contribution in [0.4, 0.5) is 0 Å². The normalized spacial score (nSPS) is 11.0. The van der Waals surface area contributed by atoms with Crippen molar-refractivity contribution in [2.45, 2.75) is 46.0 Å². The van der Waals surface area contributed by atoms with Gasteiger partial charge in [0.05, 0.1) is 0 Å². The molecule has 0 heterocycles. The zero-order chi connectivity index (χ0) is 13.9. The highest BCUT2D eigenvalue weighted by Gasteiger charge is 2.17. The summed E-state index contributed by atoms with van der Waals surface area (Å²) in [6.07, 6.45) is -0.443. The Morgan fingerprint density at radius 1 is 1.11 bits per heavy atom. The maximum absolute atomic E-state index is 12.0. The molecule has 1 rings (SSSR count). The van der Waals surface area contributed by atoms with Gasteiger partial charge in [-0.1, -0.05) is 39.8 Å². The first-order valence-corrected chi connectivity index (χ1v) is 6.21. The van der Waals surface area contributed by atoms with E-state index in [1.807, 2.05) is 32.0 Å². The molecule has 0 aliphatic carbocycles. The molecule has 0 spiro atoms. The van der Waals surface area contributed by atoms with Crippen LogP contribution >= 0.6 is 0 Å². The van der Waals surface area contributed by atoms with Crippen LogP contribution in [-0.2, 0) is 4.79 Å². The van der Waals surface area contributed by atoms with Gasteiger partial charge < -0.3 is 5.11 Å². The van der Waals surface area contributed by atoms with E-state index in [2.05, 4.69) is 13.8 Å². The van der Waals surface area contributed by atoms with E-state index >= 15 is 0 Å². The summed E-state index contributed by atoms with van der Waals surface area (Å²) in [5, 5.41) is 8.73. The minimum atomic E-state index is -1.08. The molecule has 0 saturated heterocycles. The topological polar surface area (TPSA) is 54.4 Å². The zero-order valence-corrected chi connectivity index (χ0v) is 11.4. The highest BCUT2D eigenvalue weighted by Crippen LogP contribution is 2.25. The van der Waals surface area contributed by atoms with Gasteiger partial charge in [-0.15, -0.1) is 0 Å². The van der Waals surface area contributed by atoms with Crippen molar-refractivity contribution < 1.29 is 14.7 Å². The molecule has 0 saturated carbocycles. The molecule has 0 aromatic heterocycles. The van der Waals surface area contributed by atoms with Crippen molar-refractivity contribution in [3.05, 3.63) is 34.9 Å². The molecule has 1 N–H and O–H groups in total. The van der Waals surface area contributed by atoms with Crippen molar-refractivity contribution >= 4 is 11.8 Å². The van der Waals surface area contributed by atoms with E-state index in [1.165, 1.54) is 0 Å². The third kappa shape index (κ3) is 3.42. The third-order valence-electron chi connectivity index (χ3n) is 2.98. The second kappa shape index (κ2) is 5.80. The molecule has 0 atom stereocenters. The average molecular weight is 248 g/mol. The van der Waals surface area contributed by atoms with E-state index in [9.17, 15) is 9.59 Å². The Morgan fingerprint density at radius 3 is 2.17 bits per heavy atom. The van der Waals surface area contributed by atoms with E-state index < -0.39 is 12.4 Å². The summed E-state index contributed by atoms with van der Waals surface area (Å²) in [7, 11) is 0. The van der Waals surface area contributed by atoms with Crippen molar-refractivity contribution in [3.63, 3.8) is 0 Å². The Hall–Kier alpha value is -1.64. The number of aliphatic carboxylic acids is 1. The molecule has 0 radical (unpaired) electrons. The maximum Gasteiger partial charge on any atom is 0.311 e. The van der Waals surface area contributed by atoms with Crippen molar-refractivity contribution in [1.29, 1.82) is 0 Å². The lowest BCUT2D eigenvalue weighted by Gasteiger charge is -2.14. The summed E-state index contributed by atoms with van der Waals surface area (Å²) in [6, 6.07) is 5.79. The minimum Gasteiger partial charge on any atom is -0.481 e. The Labute approximate surface area is 108 Å². The maximum atomic E-state index is 12.0. The summed E-state index contributed by atoms with van der Waals surface area (Å²) in [5.41, 5.74) is 2.54. The van der Waals surface area contributed by atoms with Crippen LogP contribution in [0.15, 0.2) is 18.2 Å². The Morgan fingerprint density at radius 2 is 1.72 bits per heavy atom. The number of carbonyl (C=O) groups is 2. The van der Waals surface area contributed by atoms with Gasteiger partial charge >= 0.3 is 5.97 Å². The summed E-state index contributed by atoms with van der Waals surface area (Å²) in [4.78, 5) is 22.6. The molecule has 3 nitrogen and oxygen atoms in total. The fourth-order valence-corrected chi connectivity index (χ4v) is 1.91. The number of carbonyl (C=O) groups excluding carboxylic acids is 1. The van der Waals surface area contributed by atoms with Crippen LogP contribution < -0.4 is 0 Å². The molecule has 0 aliphatic heterocycles. The highest BCUT2D eigenvalue weighted by molar-refractivity contribution is 6.06. The van der Waals surface area contributed by atoms with Crippen molar-refractivity contribution in [3.8, 4) is 0 Å². The number of Topliss-reactive ketones (excluding diaryl/α,β-unsaturated/α-hetero) is 1. The first-order chi connectivity index (χ1) is 8.32. The molecule has 0 bridgehead atoms. The lowest BCUT2D eigenvalue weighted by atomic mass is 9.89. The first kappa shape index (κ1) is 14.4. The molecule has 1 aromatic carbocycles. The smallest absolute Gasteiger partial charge is 0.311 e. The molecule has 0 amide bonds. The predicted octanol–water partition coefficient (Wildman–Crippen LogP) is 3.59. The van der Waals surface area contributed by atoms with E-state index in [0.717, 1.165) is 11.1 Å². The number of hydrogen-bond donors (Lipinski definition) is 1. The SMILES string of the molecule is CC(C)c1ccc(C(C)C)c(C(=O)CC(=O)O)c1. The molecule has 3 heteroatoms. The number of carboxylic acid groups (broad SMARTS) is 1. The van der Waals surface area contributed by atoms with E-state index in [0.29, 0.717) is 11.5 Å². The minimum absolute atomic E-state index is 0.207. The molecule has 1 aromatic rings. The molecule has 0 aliphatic rings. The van der Waals surface area contributed by atoms with Crippen LogP contribution in [0.5, 0.6) is 0 Å². The standard InChI is InChI=1S/C15H20O3/c1-9(2)11-5-6-12(10(3)4)13(7-11)14(16)8-15(17)18/h5-7,9-10H,8H2,1-4H3,(H,17,18). The lowest BCUT2D eigenvalue weighted by Crippen LogP contribution is -2.11. The molecule has 18 heavy (non-hydrogen) atoms. The van der Waals surface area contributed by atoms with Crippen LogP contribution in [0.3, 0.4) is 0 Å². The summed E-state index contributed by atoms with van der Waals surface area (Å²) < 4.78 is 0. The zero-order valence-electron chi connectivity index (χ0n) is 11.4. The van der Waals surface area contributed by atoms with E-state index in [1.54, 1.807) is 0 Å². The Bertz CT molecular complexity index is 459. The van der Waals surface area contributed by atoms with Gasteiger partial charge in [-0.2, -0.15) is 0 Å². The van der Waals surface area contributed by atoms with E-state index in [4.69, 9.17) is 5.11 Å². The van der Waals surface area contributed by atoms with Gasteiger partial charge in [0, 0.05) is 5.56 Å². The Balaban J connectivity index is 3.23. The number of rotatable bonds is 5. The summed E-state index contributed by atoms with van der Waals surface area (Å²) in [5.74, 6) is -0.861. The van der Waals surface area contributed by atoms with Gasteiger partial charge in [0.2, 0.25) is 0 Å². The predicted molar refractivity (Wildman–Crippen MR) is 71.2 cm³/mol. The van der Waals surface area contributed by atoms with Gasteiger partial charge in [0.15, 0.2) is 5.78 Å². The van der Waals surface area contributed by atoms with Gasteiger partial charge in [0.1, 0.15) is 6.42 Å². The quantitative estimate of drug-likeness (QED) is 0.640. The van der Waals surface area contributed by atoms with Crippen LogP contribution in [0.2, 0.25) is 0 Å². The van der Waals surface area contributed by atoms with E-state index in [-0.39, 0.29) is 11.7 Å². The highest BCUT2D eigenvalue weighted by atomic mass is 16.4. The Kier molecular flexibility index (Phi) is 4.65. The van der Waals surface area contributed by atoms with Crippen molar-refractivity contribution in [2.75, 3.05) is 0 Å². The molecular weight excluding hydrogens is 228 g/mol. The van der Waals surface area contributed by atoms with Gasteiger partial charge in [-0.25, -0.2) is 0 Å². The molecule has 0 fully saturated rings. The largest absolute Gasteiger partial charge is 0.481 e. The van der Waals surface area contributed by atoms with Crippen LogP contribution in [0.25, 0.3) is 0 Å². The molecular formula is C15H20O3. The summed E-state index contributed by atoms with van der Waals surface area (Å²) in [6.45, 7) is 8.11. The number of carboxylic acids is 1. The van der Waals surface area contributed by atoms with Gasteiger partial charge in [-0.3, -0.25) is 9.59 Å². The number of benzene rings is 1. The van der Waals surface area contributed by atoms with Crippen molar-refractivity contribution in [1.82, 2.24) is 0 Å². The van der Waals surface area contributed by atoms with Gasteiger partial charge in [0.25, 0.3) is 0 Å². The second-order valence-corrected chi connectivity index (χ2v) is 5.15. The lowest BCUT2D eigenvalue weighted by molar-refractivity contribution is -0.135. The first-order valence-electron chi connectivity index (χ1n) is 6.21.